The molecule has 2 aromatic rings. The van der Waals surface area contributed by atoms with Gasteiger partial charge in [0.05, 0.1) is 39.8 Å². The summed E-state index contributed by atoms with van der Waals surface area (Å²) in [5.41, 5.74) is 0.361. The Hall–Kier alpha value is -3.14. The first-order valence-electron chi connectivity index (χ1n) is 10.0. The molecule has 0 fully saturated rings. The van der Waals surface area contributed by atoms with Crippen LogP contribution in [0.15, 0.2) is 42.5 Å². The molecule has 0 unspecified atom stereocenters. The van der Waals surface area contributed by atoms with E-state index < -0.39 is 10.0 Å². The fourth-order valence-corrected chi connectivity index (χ4v) is 3.98. The molecular weight excluding hydrogens is 436 g/mol. The van der Waals surface area contributed by atoms with E-state index in [4.69, 9.17) is 18.9 Å². The lowest BCUT2D eigenvalue weighted by Gasteiger charge is -2.24. The zero-order valence-electron chi connectivity index (χ0n) is 18.8. The van der Waals surface area contributed by atoms with Crippen molar-refractivity contribution in [1.29, 1.82) is 0 Å². The second kappa shape index (κ2) is 12.0. The van der Waals surface area contributed by atoms with Crippen LogP contribution in [0.3, 0.4) is 0 Å². The van der Waals surface area contributed by atoms with Gasteiger partial charge in [-0.3, -0.25) is 9.10 Å². The first-order chi connectivity index (χ1) is 15.3. The number of nitrogens with one attached hydrogen (secondary N) is 1. The molecule has 0 saturated heterocycles. The predicted molar refractivity (Wildman–Crippen MR) is 122 cm³/mol. The first-order valence-corrected chi connectivity index (χ1v) is 11.9. The molecule has 0 aliphatic carbocycles. The van der Waals surface area contributed by atoms with Gasteiger partial charge in [-0.05, 0) is 30.7 Å². The summed E-state index contributed by atoms with van der Waals surface area (Å²) >= 11 is 0. The molecule has 0 aromatic heterocycles. The van der Waals surface area contributed by atoms with Gasteiger partial charge in [0.15, 0.2) is 11.5 Å². The van der Waals surface area contributed by atoms with E-state index >= 15 is 0 Å². The molecule has 0 aliphatic rings. The molecule has 0 heterocycles. The van der Waals surface area contributed by atoms with E-state index in [1.165, 1.54) is 18.5 Å². The van der Waals surface area contributed by atoms with Crippen LogP contribution < -0.4 is 28.6 Å². The Morgan fingerprint density at radius 3 is 2.28 bits per heavy atom. The first kappa shape index (κ1) is 25.1. The Balaban J connectivity index is 1.87. The summed E-state index contributed by atoms with van der Waals surface area (Å²) in [4.78, 5) is 12.2. The summed E-state index contributed by atoms with van der Waals surface area (Å²) in [7, 11) is 0.926. The van der Waals surface area contributed by atoms with E-state index in [1.54, 1.807) is 37.4 Å². The topological polar surface area (TPSA) is 103 Å². The van der Waals surface area contributed by atoms with E-state index in [0.29, 0.717) is 41.7 Å². The van der Waals surface area contributed by atoms with E-state index in [2.05, 4.69) is 5.32 Å². The van der Waals surface area contributed by atoms with Crippen molar-refractivity contribution in [1.82, 2.24) is 5.32 Å². The minimum Gasteiger partial charge on any atom is -0.497 e. The van der Waals surface area contributed by atoms with Crippen molar-refractivity contribution in [2.75, 3.05) is 51.6 Å². The molecule has 0 saturated carbocycles. The third-order valence-corrected chi connectivity index (χ3v) is 5.75. The maximum atomic E-state index is 12.4. The lowest BCUT2D eigenvalue weighted by atomic mass is 10.2. The monoisotopic (exact) mass is 466 g/mol. The lowest BCUT2D eigenvalue weighted by molar-refractivity contribution is -0.121. The van der Waals surface area contributed by atoms with Crippen LogP contribution in [0.25, 0.3) is 0 Å². The van der Waals surface area contributed by atoms with E-state index in [0.717, 1.165) is 6.26 Å². The molecule has 1 amide bonds. The number of amides is 1. The number of nitrogens with zero attached hydrogens (tertiary/aromatic N) is 1. The minimum absolute atomic E-state index is 0.119. The quantitative estimate of drug-likeness (QED) is 0.452. The number of rotatable bonds is 13. The SMILES string of the molecule is COc1ccc(OC)c(N(CCCC(=O)NCCOc2ccccc2OC)S(C)(=O)=O)c1. The molecule has 0 atom stereocenters. The fourth-order valence-electron chi connectivity index (χ4n) is 3.02. The predicted octanol–water partition coefficient (Wildman–Crippen LogP) is 2.45. The number of ether oxygens (including phenoxy) is 4. The van der Waals surface area contributed by atoms with Gasteiger partial charge in [0.25, 0.3) is 0 Å². The van der Waals surface area contributed by atoms with Crippen LogP contribution in [0.5, 0.6) is 23.0 Å². The summed E-state index contributed by atoms with van der Waals surface area (Å²) < 4.78 is 47.3. The Kier molecular flexibility index (Phi) is 9.45. The van der Waals surface area contributed by atoms with Gasteiger partial charge in [-0.1, -0.05) is 12.1 Å². The maximum Gasteiger partial charge on any atom is 0.232 e. The molecule has 2 rings (SSSR count). The highest BCUT2D eigenvalue weighted by Crippen LogP contribution is 2.34. The van der Waals surface area contributed by atoms with Gasteiger partial charge in [-0.15, -0.1) is 0 Å². The Morgan fingerprint density at radius 2 is 1.66 bits per heavy atom. The van der Waals surface area contributed by atoms with Gasteiger partial charge >= 0.3 is 0 Å². The van der Waals surface area contributed by atoms with Crippen molar-refractivity contribution < 1.29 is 32.2 Å². The number of sulfonamides is 1. The third kappa shape index (κ3) is 7.23. The average molecular weight is 467 g/mol. The van der Waals surface area contributed by atoms with Crippen LogP contribution in [0, 0.1) is 0 Å². The van der Waals surface area contributed by atoms with Crippen LogP contribution in [-0.2, 0) is 14.8 Å². The summed E-state index contributed by atoms with van der Waals surface area (Å²) in [6.07, 6.45) is 1.60. The maximum absolute atomic E-state index is 12.4. The van der Waals surface area contributed by atoms with Crippen LogP contribution in [0.1, 0.15) is 12.8 Å². The number of hydrogen-bond acceptors (Lipinski definition) is 7. The smallest absolute Gasteiger partial charge is 0.232 e. The van der Waals surface area contributed by atoms with Gasteiger partial charge in [-0.2, -0.15) is 0 Å². The summed E-state index contributed by atoms with van der Waals surface area (Å²) in [6.45, 7) is 0.715. The highest BCUT2D eigenvalue weighted by atomic mass is 32.2. The largest absolute Gasteiger partial charge is 0.497 e. The van der Waals surface area contributed by atoms with Crippen molar-refractivity contribution in [2.45, 2.75) is 12.8 Å². The standard InChI is InChI=1S/C22H30N2O7S/c1-28-17-11-12-19(29-2)18(16-17)24(32(4,26)27)14-7-10-22(25)23-13-15-31-21-9-6-5-8-20(21)30-3/h5-6,8-9,11-12,16H,7,10,13-15H2,1-4H3,(H,23,25). The molecule has 176 valence electrons. The van der Waals surface area contributed by atoms with Gasteiger partial charge in [0.1, 0.15) is 18.1 Å². The third-order valence-electron chi connectivity index (χ3n) is 4.57. The van der Waals surface area contributed by atoms with Crippen molar-refractivity contribution in [3.8, 4) is 23.0 Å². The molecule has 0 spiro atoms. The summed E-state index contributed by atoms with van der Waals surface area (Å²) in [5.74, 6) is 1.92. The number of anilines is 1. The molecule has 0 aliphatic heterocycles. The van der Waals surface area contributed by atoms with Crippen molar-refractivity contribution in [3.05, 3.63) is 42.5 Å². The van der Waals surface area contributed by atoms with Gasteiger partial charge < -0.3 is 24.3 Å². The number of carbonyl (C=O) groups is 1. The van der Waals surface area contributed by atoms with Crippen molar-refractivity contribution in [3.63, 3.8) is 0 Å². The van der Waals surface area contributed by atoms with Crippen LogP contribution in [-0.4, -0.2) is 61.6 Å². The highest BCUT2D eigenvalue weighted by molar-refractivity contribution is 7.92. The van der Waals surface area contributed by atoms with Crippen molar-refractivity contribution in [2.24, 2.45) is 0 Å². The Morgan fingerprint density at radius 1 is 0.969 bits per heavy atom. The lowest BCUT2D eigenvalue weighted by Crippen LogP contribution is -2.33. The number of carbonyl (C=O) groups excluding carboxylic acids is 1. The van der Waals surface area contributed by atoms with E-state index in [-0.39, 0.29) is 25.5 Å². The van der Waals surface area contributed by atoms with Gasteiger partial charge in [0, 0.05) is 19.0 Å². The minimum atomic E-state index is -3.60. The second-order valence-electron chi connectivity index (χ2n) is 6.83. The Bertz CT molecular complexity index is 996. The molecule has 10 heteroatoms. The van der Waals surface area contributed by atoms with E-state index in [9.17, 15) is 13.2 Å². The highest BCUT2D eigenvalue weighted by Gasteiger charge is 2.22. The Labute approximate surface area is 189 Å². The molecule has 0 bridgehead atoms. The molecule has 32 heavy (non-hydrogen) atoms. The number of benzene rings is 2. The van der Waals surface area contributed by atoms with E-state index in [1.807, 2.05) is 12.1 Å². The number of hydrogen-bond donors (Lipinski definition) is 1. The number of methoxy groups -OCH3 is 3. The van der Waals surface area contributed by atoms with Gasteiger partial charge in [0.2, 0.25) is 15.9 Å². The van der Waals surface area contributed by atoms with Crippen LogP contribution in [0.2, 0.25) is 0 Å². The molecular formula is C22H30N2O7S. The second-order valence-corrected chi connectivity index (χ2v) is 8.73. The average Bonchev–Trinajstić information content (AvgIpc) is 2.78. The van der Waals surface area contributed by atoms with Gasteiger partial charge in [-0.25, -0.2) is 8.42 Å². The zero-order chi connectivity index (χ0) is 23.6. The zero-order valence-corrected chi connectivity index (χ0v) is 19.6. The summed E-state index contributed by atoms with van der Waals surface area (Å²) in [6, 6.07) is 12.2. The molecule has 1 N–H and O–H groups in total. The van der Waals surface area contributed by atoms with Crippen molar-refractivity contribution >= 4 is 21.6 Å². The molecule has 0 radical (unpaired) electrons. The summed E-state index contributed by atoms with van der Waals surface area (Å²) in [5, 5.41) is 2.77. The van der Waals surface area contributed by atoms with Crippen LogP contribution >= 0.6 is 0 Å². The molecule has 9 nitrogen and oxygen atoms in total. The number of para-hydroxylation sites is 2. The normalized spacial score (nSPS) is 10.9. The fraction of sp³-hybridized carbons (Fsp3) is 0.409. The van der Waals surface area contributed by atoms with Crippen LogP contribution in [0.4, 0.5) is 5.69 Å². The molecule has 2 aromatic carbocycles.